The van der Waals surface area contributed by atoms with Gasteiger partial charge in [-0.15, -0.1) is 0 Å². The molecule has 0 bridgehead atoms. The summed E-state index contributed by atoms with van der Waals surface area (Å²) in [5, 5.41) is 8.41. The Balaban J connectivity index is 2.52. The van der Waals surface area contributed by atoms with E-state index in [0.29, 0.717) is 0 Å². The van der Waals surface area contributed by atoms with Gasteiger partial charge in [0.15, 0.2) is 0 Å². The second kappa shape index (κ2) is 2.50. The van der Waals surface area contributed by atoms with Crippen LogP contribution in [0.15, 0.2) is 11.9 Å². The molecule has 4 heteroatoms. The summed E-state index contributed by atoms with van der Waals surface area (Å²) in [5.41, 5.74) is 0. The zero-order valence-electron chi connectivity index (χ0n) is 4.75. The Morgan fingerprint density at radius 2 is 2.56 bits per heavy atom. The van der Waals surface area contributed by atoms with Gasteiger partial charge >= 0.3 is 0 Å². The van der Waals surface area contributed by atoms with Crippen LogP contribution in [-0.2, 0) is 4.74 Å². The molecular weight excluding hydrogens is 122 g/mol. The molecule has 1 heterocycles. The van der Waals surface area contributed by atoms with E-state index in [-0.39, 0.29) is 6.61 Å². The van der Waals surface area contributed by atoms with Gasteiger partial charge in [-0.05, 0) is 6.08 Å². The third kappa shape index (κ3) is 1.31. The molecule has 2 atom stereocenters. The average molecular weight is 128 g/mol. The summed E-state index contributed by atoms with van der Waals surface area (Å²) in [6.45, 7) is -0.221. The van der Waals surface area contributed by atoms with Crippen LogP contribution in [0, 0.1) is 0 Å². The maximum absolute atomic E-state index is 12.3. The van der Waals surface area contributed by atoms with Crippen LogP contribution in [0.2, 0.25) is 0 Å². The van der Waals surface area contributed by atoms with Gasteiger partial charge in [0.2, 0.25) is 0 Å². The van der Waals surface area contributed by atoms with Crippen molar-refractivity contribution in [2.75, 3.05) is 6.61 Å². The smallest absolute Gasteiger partial charge is 0.118 e. The number of aliphatic hydroxyl groups excluding tert-OH is 1. The quantitative estimate of drug-likeness (QED) is 0.492. The van der Waals surface area contributed by atoms with Crippen molar-refractivity contribution in [3.05, 3.63) is 11.9 Å². The van der Waals surface area contributed by atoms with Crippen LogP contribution in [-0.4, -0.2) is 31.7 Å². The van der Waals surface area contributed by atoms with Crippen molar-refractivity contribution in [3.8, 4) is 0 Å². The van der Waals surface area contributed by atoms with Gasteiger partial charge in [0, 0.05) is 0 Å². The number of hydrogen-bond donors (Lipinski definition) is 1. The zero-order valence-corrected chi connectivity index (χ0v) is 4.75. The van der Waals surface area contributed by atoms with Crippen LogP contribution >= 0.6 is 0 Å². The minimum Gasteiger partial charge on any atom is -0.393 e. The van der Waals surface area contributed by atoms with E-state index in [2.05, 4.69) is 4.74 Å². The molecule has 2 radical (unpaired) electrons. The molecule has 2 nitrogen and oxygen atoms in total. The standard InChI is InChI=1S/C5H6BFO2/c6-5-4(7)1-3(2-8)9-5/h1,3,5,8H,2H2/t3-,5+/m1/s1. The number of hydrogen-bond acceptors (Lipinski definition) is 2. The molecular formula is C5H6BFO2. The van der Waals surface area contributed by atoms with Crippen molar-refractivity contribution in [2.24, 2.45) is 0 Å². The summed E-state index contributed by atoms with van der Waals surface area (Å²) in [6.07, 6.45) is 0.616. The zero-order chi connectivity index (χ0) is 6.85. The van der Waals surface area contributed by atoms with Crippen LogP contribution in [0.4, 0.5) is 4.39 Å². The molecule has 0 aromatic rings. The second-order valence-electron chi connectivity index (χ2n) is 1.83. The first-order valence-corrected chi connectivity index (χ1v) is 2.63. The second-order valence-corrected chi connectivity index (χ2v) is 1.83. The Bertz CT molecular complexity index is 137. The number of halogens is 1. The highest BCUT2D eigenvalue weighted by molar-refractivity contribution is 6.12. The highest BCUT2D eigenvalue weighted by Gasteiger charge is 2.21. The number of aliphatic hydroxyl groups is 1. The largest absolute Gasteiger partial charge is 0.393 e. The Morgan fingerprint density at radius 1 is 1.89 bits per heavy atom. The highest BCUT2D eigenvalue weighted by atomic mass is 19.1. The van der Waals surface area contributed by atoms with E-state index in [1.54, 1.807) is 0 Å². The van der Waals surface area contributed by atoms with E-state index in [9.17, 15) is 4.39 Å². The molecule has 0 fully saturated rings. The summed E-state index contributed by atoms with van der Waals surface area (Å²) in [5.74, 6) is -0.506. The van der Waals surface area contributed by atoms with Gasteiger partial charge in [0.05, 0.1) is 12.6 Å². The summed E-state index contributed by atoms with van der Waals surface area (Å²) in [7, 11) is 5.07. The lowest BCUT2D eigenvalue weighted by Gasteiger charge is -2.06. The van der Waals surface area contributed by atoms with Crippen LogP contribution < -0.4 is 0 Å². The third-order valence-electron chi connectivity index (χ3n) is 1.12. The molecule has 1 rings (SSSR count). The fourth-order valence-corrected chi connectivity index (χ4v) is 0.661. The van der Waals surface area contributed by atoms with Gasteiger partial charge in [-0.1, -0.05) is 0 Å². The molecule has 48 valence electrons. The van der Waals surface area contributed by atoms with Crippen molar-refractivity contribution in [2.45, 2.75) is 12.1 Å². The van der Waals surface area contributed by atoms with Gasteiger partial charge < -0.3 is 9.84 Å². The Labute approximate surface area is 53.7 Å². The molecule has 9 heavy (non-hydrogen) atoms. The van der Waals surface area contributed by atoms with E-state index in [4.69, 9.17) is 13.0 Å². The molecule has 1 aliphatic heterocycles. The highest BCUT2D eigenvalue weighted by Crippen LogP contribution is 2.17. The van der Waals surface area contributed by atoms with E-state index in [1.165, 1.54) is 6.08 Å². The van der Waals surface area contributed by atoms with Crippen molar-refractivity contribution in [1.29, 1.82) is 0 Å². The molecule has 1 aliphatic rings. The van der Waals surface area contributed by atoms with Crippen LogP contribution in [0.1, 0.15) is 0 Å². The van der Waals surface area contributed by atoms with E-state index >= 15 is 0 Å². The SMILES string of the molecule is [B][C@H]1O[C@@H](CO)C=C1F. The normalized spacial score (nSPS) is 34.7. The predicted octanol–water partition coefficient (Wildman–Crippen LogP) is -0.275. The summed E-state index contributed by atoms with van der Waals surface area (Å²) < 4.78 is 16.9. The van der Waals surface area contributed by atoms with Crippen LogP contribution in [0.3, 0.4) is 0 Å². The van der Waals surface area contributed by atoms with Crippen molar-refractivity contribution >= 4 is 7.85 Å². The summed E-state index contributed by atoms with van der Waals surface area (Å²) >= 11 is 0. The molecule has 0 aliphatic carbocycles. The number of rotatable bonds is 1. The number of ether oxygens (including phenoxy) is 1. The molecule has 0 unspecified atom stereocenters. The van der Waals surface area contributed by atoms with Gasteiger partial charge in [0.25, 0.3) is 0 Å². The van der Waals surface area contributed by atoms with E-state index in [0.717, 1.165) is 0 Å². The van der Waals surface area contributed by atoms with Crippen LogP contribution in [0.5, 0.6) is 0 Å². The molecule has 0 aromatic carbocycles. The monoisotopic (exact) mass is 128 g/mol. The van der Waals surface area contributed by atoms with Gasteiger partial charge in [0.1, 0.15) is 19.8 Å². The van der Waals surface area contributed by atoms with Crippen molar-refractivity contribution in [3.63, 3.8) is 0 Å². The van der Waals surface area contributed by atoms with Crippen molar-refractivity contribution in [1.82, 2.24) is 0 Å². The Kier molecular flexibility index (Phi) is 1.88. The summed E-state index contributed by atoms with van der Waals surface area (Å²) in [6, 6.07) is -0.970. The molecule has 1 N–H and O–H groups in total. The minimum absolute atomic E-state index is 0.221. The lowest BCUT2D eigenvalue weighted by atomic mass is 10.0. The molecule has 0 amide bonds. The maximum atomic E-state index is 12.3. The fourth-order valence-electron chi connectivity index (χ4n) is 0.661. The maximum Gasteiger partial charge on any atom is 0.118 e. The van der Waals surface area contributed by atoms with Crippen LogP contribution in [0.25, 0.3) is 0 Å². The fraction of sp³-hybridized carbons (Fsp3) is 0.600. The van der Waals surface area contributed by atoms with Gasteiger partial charge in [-0.2, -0.15) is 0 Å². The first-order valence-electron chi connectivity index (χ1n) is 2.63. The van der Waals surface area contributed by atoms with E-state index < -0.39 is 17.9 Å². The lowest BCUT2D eigenvalue weighted by molar-refractivity contribution is 0.0517. The molecule has 0 spiro atoms. The molecule has 0 aromatic heterocycles. The predicted molar refractivity (Wildman–Crippen MR) is 30.7 cm³/mol. The van der Waals surface area contributed by atoms with Crippen molar-refractivity contribution < 1.29 is 14.2 Å². The lowest BCUT2D eigenvalue weighted by Crippen LogP contribution is -2.15. The Hall–Kier alpha value is -0.345. The third-order valence-corrected chi connectivity index (χ3v) is 1.12. The molecule has 0 saturated heterocycles. The molecule has 0 saturated carbocycles. The first-order chi connectivity index (χ1) is 4.24. The Morgan fingerprint density at radius 3 is 2.78 bits per heavy atom. The first kappa shape index (κ1) is 6.77. The van der Waals surface area contributed by atoms with Gasteiger partial charge in [-0.25, -0.2) is 4.39 Å². The summed E-state index contributed by atoms with van der Waals surface area (Å²) in [4.78, 5) is 0. The minimum atomic E-state index is -0.970. The average Bonchev–Trinajstić information content (AvgIpc) is 2.13. The van der Waals surface area contributed by atoms with Gasteiger partial charge in [-0.3, -0.25) is 0 Å². The topological polar surface area (TPSA) is 29.5 Å². The van der Waals surface area contributed by atoms with E-state index in [1.807, 2.05) is 0 Å².